The molecule has 0 saturated carbocycles. The number of aromatic nitrogens is 1. The van der Waals surface area contributed by atoms with Crippen molar-refractivity contribution in [2.75, 3.05) is 19.6 Å². The van der Waals surface area contributed by atoms with Gasteiger partial charge >= 0.3 is 6.03 Å². The van der Waals surface area contributed by atoms with Gasteiger partial charge in [-0.15, -0.1) is 11.3 Å². The van der Waals surface area contributed by atoms with Crippen molar-refractivity contribution in [3.63, 3.8) is 0 Å². The number of rotatable bonds is 8. The molecule has 1 unspecified atom stereocenters. The Labute approximate surface area is 239 Å². The molecular weight excluding hydrogens is 546 g/mol. The molecule has 3 atom stereocenters. The molecule has 0 bridgehead atoms. The maximum atomic E-state index is 13.7. The molecule has 4 amide bonds. The SMILES string of the molecule is NC(N)=NC(=O)NCC(NC(=O)[C@@H]1CCN2CC[C@@](N)(Cc3ccccc3)C(=O)N12)C(=O)c1nc2ccccc2s1. The van der Waals surface area contributed by atoms with Gasteiger partial charge in [-0.1, -0.05) is 42.5 Å². The first kappa shape index (κ1) is 28.1. The summed E-state index contributed by atoms with van der Waals surface area (Å²) < 4.78 is 0.800. The number of fused-ring (bicyclic) bond motifs is 2. The fraction of sp³-hybridized carbons (Fsp3) is 0.333. The van der Waals surface area contributed by atoms with Gasteiger partial charge in [0, 0.05) is 19.6 Å². The number of hydrogen-bond donors (Lipinski definition) is 5. The van der Waals surface area contributed by atoms with Crippen molar-refractivity contribution in [2.24, 2.45) is 22.2 Å². The zero-order valence-corrected chi connectivity index (χ0v) is 23.0. The van der Waals surface area contributed by atoms with Gasteiger partial charge < -0.3 is 27.8 Å². The zero-order valence-electron chi connectivity index (χ0n) is 22.2. The summed E-state index contributed by atoms with van der Waals surface area (Å²) in [6, 6.07) is 13.8. The van der Waals surface area contributed by atoms with E-state index >= 15 is 0 Å². The highest BCUT2D eigenvalue weighted by Gasteiger charge is 2.51. The number of Topliss-reactive ketones (excluding diaryl/α,β-unsaturated/α-hetero) is 1. The van der Waals surface area contributed by atoms with Gasteiger partial charge in [-0.05, 0) is 37.0 Å². The Morgan fingerprint density at radius 3 is 2.56 bits per heavy atom. The fourth-order valence-corrected chi connectivity index (χ4v) is 6.13. The Bertz CT molecular complexity index is 1470. The van der Waals surface area contributed by atoms with Gasteiger partial charge in [-0.2, -0.15) is 4.99 Å². The highest BCUT2D eigenvalue weighted by atomic mass is 32.1. The second-order valence-corrected chi connectivity index (χ2v) is 11.1. The van der Waals surface area contributed by atoms with Gasteiger partial charge in [0.2, 0.25) is 11.7 Å². The van der Waals surface area contributed by atoms with Crippen LogP contribution in [0.2, 0.25) is 0 Å². The van der Waals surface area contributed by atoms with E-state index in [2.05, 4.69) is 20.6 Å². The number of urea groups is 1. The molecule has 3 aromatic rings. The number of nitrogens with one attached hydrogen (secondary N) is 2. The van der Waals surface area contributed by atoms with Crippen molar-refractivity contribution in [2.45, 2.75) is 36.9 Å². The van der Waals surface area contributed by atoms with Crippen LogP contribution in [0.4, 0.5) is 4.79 Å². The van der Waals surface area contributed by atoms with Gasteiger partial charge in [0.25, 0.3) is 5.91 Å². The molecule has 2 fully saturated rings. The van der Waals surface area contributed by atoms with Crippen molar-refractivity contribution in [1.29, 1.82) is 0 Å². The van der Waals surface area contributed by atoms with E-state index in [1.165, 1.54) is 16.3 Å². The molecule has 0 aliphatic carbocycles. The Hall–Kier alpha value is -4.40. The van der Waals surface area contributed by atoms with Gasteiger partial charge in [0.05, 0.1) is 10.2 Å². The third-order valence-corrected chi connectivity index (χ3v) is 8.25. The Morgan fingerprint density at radius 2 is 1.83 bits per heavy atom. The van der Waals surface area contributed by atoms with Crippen molar-refractivity contribution in [3.8, 4) is 0 Å². The largest absolute Gasteiger partial charge is 0.370 e. The fourth-order valence-electron chi connectivity index (χ4n) is 5.17. The van der Waals surface area contributed by atoms with Crippen molar-refractivity contribution in [3.05, 3.63) is 65.2 Å². The minimum absolute atomic E-state index is 0.165. The van der Waals surface area contributed by atoms with E-state index in [0.29, 0.717) is 37.9 Å². The molecule has 0 spiro atoms. The average molecular weight is 578 g/mol. The standard InChI is InChI=1S/C27H31N9O4S/c28-25(29)34-26(40)31-15-18(21(37)23-33-17-8-4-5-9-20(17)41-23)32-22(38)19-10-12-35-13-11-27(30,24(39)36(19)35)14-16-6-2-1-3-7-16/h1-9,18-19H,10-15,30H2,(H,32,38)(H5,28,29,31,34,40)/t18?,19-,27+/m0/s1. The Balaban J connectivity index is 1.35. The maximum absolute atomic E-state index is 13.7. The van der Waals surface area contributed by atoms with Gasteiger partial charge in [0.1, 0.15) is 17.6 Å². The first-order chi connectivity index (χ1) is 19.6. The van der Waals surface area contributed by atoms with Crippen LogP contribution in [0.5, 0.6) is 0 Å². The van der Waals surface area contributed by atoms with E-state index in [-0.39, 0.29) is 17.5 Å². The third-order valence-electron chi connectivity index (χ3n) is 7.20. The maximum Gasteiger partial charge on any atom is 0.344 e. The summed E-state index contributed by atoms with van der Waals surface area (Å²) in [6.45, 7) is 0.708. The average Bonchev–Trinajstić information content (AvgIpc) is 3.58. The predicted molar refractivity (Wildman–Crippen MR) is 154 cm³/mol. The molecule has 2 saturated heterocycles. The Morgan fingerprint density at radius 1 is 1.10 bits per heavy atom. The van der Waals surface area contributed by atoms with Crippen molar-refractivity contribution >= 4 is 51.1 Å². The number of carbonyl (C=O) groups excluding carboxylic acids is 4. The number of hydrazine groups is 1. The molecule has 8 N–H and O–H groups in total. The summed E-state index contributed by atoms with van der Waals surface area (Å²) in [4.78, 5) is 60.8. The van der Waals surface area contributed by atoms with Crippen LogP contribution < -0.4 is 27.8 Å². The second-order valence-electron chi connectivity index (χ2n) is 10.1. The molecule has 214 valence electrons. The summed E-state index contributed by atoms with van der Waals surface area (Å²) in [7, 11) is 0. The number of thiazole rings is 1. The number of nitrogens with zero attached hydrogens (tertiary/aromatic N) is 4. The summed E-state index contributed by atoms with van der Waals surface area (Å²) in [5, 5.41) is 8.60. The molecular formula is C27H31N9O4S. The molecule has 2 aliphatic heterocycles. The highest BCUT2D eigenvalue weighted by molar-refractivity contribution is 7.20. The van der Waals surface area contributed by atoms with E-state index in [9.17, 15) is 19.2 Å². The van der Waals surface area contributed by atoms with Crippen LogP contribution in [0.1, 0.15) is 28.2 Å². The molecule has 1 aromatic heterocycles. The van der Waals surface area contributed by atoms with Crippen LogP contribution in [-0.4, -0.2) is 81.8 Å². The Kier molecular flexibility index (Phi) is 7.97. The monoisotopic (exact) mass is 577 g/mol. The minimum atomic E-state index is -1.19. The lowest BCUT2D eigenvalue weighted by atomic mass is 9.86. The lowest BCUT2D eigenvalue weighted by Gasteiger charge is -2.44. The van der Waals surface area contributed by atoms with Crippen LogP contribution in [-0.2, 0) is 16.0 Å². The molecule has 2 aromatic carbocycles. The molecule has 13 nitrogen and oxygen atoms in total. The number of carbonyl (C=O) groups is 4. The van der Waals surface area contributed by atoms with Crippen molar-refractivity contribution < 1.29 is 19.2 Å². The molecule has 14 heteroatoms. The van der Waals surface area contributed by atoms with Crippen LogP contribution in [0.25, 0.3) is 10.2 Å². The number of benzene rings is 2. The smallest absolute Gasteiger partial charge is 0.344 e. The minimum Gasteiger partial charge on any atom is -0.370 e. The first-order valence-corrected chi connectivity index (χ1v) is 14.0. The quantitative estimate of drug-likeness (QED) is 0.140. The van der Waals surface area contributed by atoms with E-state index < -0.39 is 41.3 Å². The zero-order chi connectivity index (χ0) is 29.1. The lowest BCUT2D eigenvalue weighted by molar-refractivity contribution is -0.165. The first-order valence-electron chi connectivity index (χ1n) is 13.1. The van der Waals surface area contributed by atoms with Crippen LogP contribution in [0.3, 0.4) is 0 Å². The molecule has 0 radical (unpaired) electrons. The van der Waals surface area contributed by atoms with Crippen LogP contribution in [0, 0.1) is 0 Å². The van der Waals surface area contributed by atoms with Crippen molar-refractivity contribution in [1.82, 2.24) is 25.6 Å². The highest BCUT2D eigenvalue weighted by Crippen LogP contribution is 2.31. The molecule has 5 rings (SSSR count). The topological polar surface area (TPSA) is 202 Å². The number of aliphatic imine (C=N–C) groups is 1. The number of amides is 4. The summed E-state index contributed by atoms with van der Waals surface area (Å²) in [5.74, 6) is -1.83. The molecule has 3 heterocycles. The van der Waals surface area contributed by atoms with E-state index in [4.69, 9.17) is 17.2 Å². The number of hydrogen-bond acceptors (Lipinski definition) is 8. The molecule has 41 heavy (non-hydrogen) atoms. The summed E-state index contributed by atoms with van der Waals surface area (Å²) >= 11 is 1.18. The van der Waals surface area contributed by atoms with E-state index in [1.807, 2.05) is 53.5 Å². The van der Waals surface area contributed by atoms with Gasteiger partial charge in [-0.25, -0.2) is 14.8 Å². The number of para-hydroxylation sites is 1. The number of nitrogens with two attached hydrogens (primary N) is 3. The van der Waals surface area contributed by atoms with Gasteiger partial charge in [0.15, 0.2) is 11.0 Å². The van der Waals surface area contributed by atoms with Gasteiger partial charge in [-0.3, -0.25) is 19.4 Å². The van der Waals surface area contributed by atoms with Crippen LogP contribution in [0.15, 0.2) is 59.6 Å². The van der Waals surface area contributed by atoms with E-state index in [1.54, 1.807) is 6.07 Å². The summed E-state index contributed by atoms with van der Waals surface area (Å²) in [5.41, 5.74) is 17.6. The van der Waals surface area contributed by atoms with E-state index in [0.717, 1.165) is 10.3 Å². The number of ketones is 1. The number of guanidine groups is 1. The lowest BCUT2D eigenvalue weighted by Crippen LogP contribution is -2.67. The van der Waals surface area contributed by atoms with Crippen LogP contribution >= 0.6 is 11.3 Å². The molecule has 2 aliphatic rings. The predicted octanol–water partition coefficient (Wildman–Crippen LogP) is 0.109. The third kappa shape index (κ3) is 6.04. The normalized spacial score (nSPS) is 21.2. The summed E-state index contributed by atoms with van der Waals surface area (Å²) in [6.07, 6.45) is 1.14. The second kappa shape index (κ2) is 11.6.